The standard InChI is InChI=1S/C21H25N3O4S2/c1-13-9-10-15(30(27,28)24-11-4-3-6-14(24)2)12-16(13)20(26)23-21-22-17-7-5-8-18(25)19(17)29-21/h9-10,12,14H,3-8,11H2,1-2H3,(H,22,23,26). The van der Waals surface area contributed by atoms with Crippen LogP contribution in [0.5, 0.6) is 0 Å². The Labute approximate surface area is 180 Å². The van der Waals surface area contributed by atoms with Gasteiger partial charge in [-0.25, -0.2) is 13.4 Å². The number of aryl methyl sites for hydroxylation is 2. The third-order valence-electron chi connectivity index (χ3n) is 5.79. The monoisotopic (exact) mass is 447 g/mol. The third kappa shape index (κ3) is 3.93. The van der Waals surface area contributed by atoms with Crippen LogP contribution in [-0.2, 0) is 16.4 Å². The molecule has 1 aliphatic carbocycles. The average molecular weight is 448 g/mol. The summed E-state index contributed by atoms with van der Waals surface area (Å²) in [6.45, 7) is 4.19. The van der Waals surface area contributed by atoms with Gasteiger partial charge in [0, 0.05) is 24.6 Å². The first-order chi connectivity index (χ1) is 14.3. The van der Waals surface area contributed by atoms with Crippen molar-refractivity contribution in [2.24, 2.45) is 0 Å². The van der Waals surface area contributed by atoms with Gasteiger partial charge in [-0.2, -0.15) is 4.31 Å². The van der Waals surface area contributed by atoms with E-state index in [9.17, 15) is 18.0 Å². The molecule has 1 N–H and O–H groups in total. The molecule has 2 aromatic rings. The Morgan fingerprint density at radius 3 is 2.77 bits per heavy atom. The van der Waals surface area contributed by atoms with E-state index in [1.807, 2.05) is 6.92 Å². The number of rotatable bonds is 4. The predicted molar refractivity (Wildman–Crippen MR) is 116 cm³/mol. The fourth-order valence-corrected chi connectivity index (χ4v) is 6.76. The summed E-state index contributed by atoms with van der Waals surface area (Å²) in [6, 6.07) is 4.61. The summed E-state index contributed by atoms with van der Waals surface area (Å²) in [5.41, 5.74) is 1.70. The quantitative estimate of drug-likeness (QED) is 0.769. The summed E-state index contributed by atoms with van der Waals surface area (Å²) in [5, 5.41) is 3.12. The minimum absolute atomic E-state index is 0.0542. The van der Waals surface area contributed by atoms with E-state index in [1.165, 1.54) is 21.7 Å². The molecule has 1 aliphatic heterocycles. The molecule has 0 radical (unpaired) electrons. The molecule has 0 saturated carbocycles. The lowest BCUT2D eigenvalue weighted by Crippen LogP contribution is -2.42. The van der Waals surface area contributed by atoms with E-state index in [0.29, 0.717) is 34.1 Å². The highest BCUT2D eigenvalue weighted by Crippen LogP contribution is 2.31. The summed E-state index contributed by atoms with van der Waals surface area (Å²) in [7, 11) is -3.67. The van der Waals surface area contributed by atoms with Crippen molar-refractivity contribution < 1.29 is 18.0 Å². The second-order valence-electron chi connectivity index (χ2n) is 7.96. The third-order valence-corrected chi connectivity index (χ3v) is 8.85. The van der Waals surface area contributed by atoms with Gasteiger partial charge in [0.25, 0.3) is 5.91 Å². The Morgan fingerprint density at radius 1 is 1.23 bits per heavy atom. The van der Waals surface area contributed by atoms with Gasteiger partial charge in [-0.3, -0.25) is 14.9 Å². The number of hydrogen-bond donors (Lipinski definition) is 1. The van der Waals surface area contributed by atoms with Gasteiger partial charge in [0.2, 0.25) is 10.0 Å². The zero-order valence-corrected chi connectivity index (χ0v) is 18.7. The van der Waals surface area contributed by atoms with Crippen LogP contribution in [0.2, 0.25) is 0 Å². The Kier molecular flexibility index (Phi) is 5.78. The highest BCUT2D eigenvalue weighted by molar-refractivity contribution is 7.89. The zero-order chi connectivity index (χ0) is 21.5. The highest BCUT2D eigenvalue weighted by Gasteiger charge is 2.31. The van der Waals surface area contributed by atoms with E-state index < -0.39 is 15.9 Å². The number of anilines is 1. The Morgan fingerprint density at radius 2 is 2.03 bits per heavy atom. The van der Waals surface area contributed by atoms with Crippen LogP contribution in [0.4, 0.5) is 5.13 Å². The molecule has 1 unspecified atom stereocenters. The summed E-state index contributed by atoms with van der Waals surface area (Å²) >= 11 is 1.19. The van der Waals surface area contributed by atoms with Crippen LogP contribution in [0, 0.1) is 6.92 Å². The van der Waals surface area contributed by atoms with E-state index >= 15 is 0 Å². The molecule has 1 fully saturated rings. The van der Waals surface area contributed by atoms with Crippen molar-refractivity contribution in [1.29, 1.82) is 0 Å². The summed E-state index contributed by atoms with van der Waals surface area (Å²) in [6.07, 6.45) is 4.72. The van der Waals surface area contributed by atoms with Gasteiger partial charge in [0.15, 0.2) is 10.9 Å². The largest absolute Gasteiger partial charge is 0.298 e. The maximum absolute atomic E-state index is 13.2. The summed E-state index contributed by atoms with van der Waals surface area (Å²) in [4.78, 5) is 30.1. The molecular formula is C21H25N3O4S2. The van der Waals surface area contributed by atoms with Crippen molar-refractivity contribution in [2.75, 3.05) is 11.9 Å². The van der Waals surface area contributed by atoms with E-state index in [4.69, 9.17) is 0 Å². The number of aromatic nitrogens is 1. The van der Waals surface area contributed by atoms with Gasteiger partial charge in [0.1, 0.15) is 0 Å². The molecule has 2 aliphatic rings. The number of ketones is 1. The van der Waals surface area contributed by atoms with Crippen molar-refractivity contribution in [3.8, 4) is 0 Å². The minimum Gasteiger partial charge on any atom is -0.298 e. The molecule has 1 aromatic carbocycles. The van der Waals surface area contributed by atoms with Crippen molar-refractivity contribution in [2.45, 2.75) is 63.3 Å². The number of piperidine rings is 1. The van der Waals surface area contributed by atoms with E-state index in [2.05, 4.69) is 10.3 Å². The lowest BCUT2D eigenvalue weighted by atomic mass is 10.0. The van der Waals surface area contributed by atoms with Gasteiger partial charge in [-0.15, -0.1) is 0 Å². The molecule has 160 valence electrons. The number of Topliss-reactive ketones (excluding diaryl/α,β-unsaturated/α-hetero) is 1. The zero-order valence-electron chi connectivity index (χ0n) is 17.1. The van der Waals surface area contributed by atoms with Crippen molar-refractivity contribution >= 4 is 38.2 Å². The highest BCUT2D eigenvalue weighted by atomic mass is 32.2. The van der Waals surface area contributed by atoms with Gasteiger partial charge in [0.05, 0.1) is 15.5 Å². The molecular weight excluding hydrogens is 422 g/mol. The Bertz CT molecular complexity index is 1110. The molecule has 0 spiro atoms. The molecule has 2 heterocycles. The van der Waals surface area contributed by atoms with Crippen LogP contribution >= 0.6 is 11.3 Å². The smallest absolute Gasteiger partial charge is 0.257 e. The van der Waals surface area contributed by atoms with E-state index in [0.717, 1.165) is 37.8 Å². The van der Waals surface area contributed by atoms with Crippen LogP contribution in [0.15, 0.2) is 23.1 Å². The maximum atomic E-state index is 13.2. The predicted octanol–water partition coefficient (Wildman–Crippen LogP) is 3.79. The normalized spacial score (nSPS) is 20.1. The van der Waals surface area contributed by atoms with Gasteiger partial charge >= 0.3 is 0 Å². The number of fused-ring (bicyclic) bond motifs is 1. The van der Waals surface area contributed by atoms with Crippen LogP contribution in [-0.4, -0.2) is 42.0 Å². The first kappa shape index (κ1) is 21.1. The number of carbonyl (C=O) groups excluding carboxylic acids is 2. The topological polar surface area (TPSA) is 96.4 Å². The van der Waals surface area contributed by atoms with Crippen LogP contribution in [0.3, 0.4) is 0 Å². The molecule has 4 rings (SSSR count). The number of amides is 1. The second kappa shape index (κ2) is 8.20. The SMILES string of the molecule is Cc1ccc(S(=O)(=O)N2CCCCC2C)cc1C(=O)Nc1nc2c(s1)C(=O)CCC2. The van der Waals surface area contributed by atoms with Gasteiger partial charge in [-0.1, -0.05) is 23.8 Å². The molecule has 9 heteroatoms. The summed E-state index contributed by atoms with van der Waals surface area (Å²) < 4.78 is 27.8. The number of thiazole rings is 1. The molecule has 1 aromatic heterocycles. The number of carbonyl (C=O) groups is 2. The maximum Gasteiger partial charge on any atom is 0.257 e. The van der Waals surface area contributed by atoms with Crippen LogP contribution in [0.25, 0.3) is 0 Å². The van der Waals surface area contributed by atoms with E-state index in [-0.39, 0.29) is 16.7 Å². The van der Waals surface area contributed by atoms with Crippen LogP contribution in [0.1, 0.15) is 70.3 Å². The first-order valence-electron chi connectivity index (χ1n) is 10.2. The fourth-order valence-electron chi connectivity index (χ4n) is 4.06. The van der Waals surface area contributed by atoms with Gasteiger partial charge in [-0.05, 0) is 57.2 Å². The molecule has 30 heavy (non-hydrogen) atoms. The second-order valence-corrected chi connectivity index (χ2v) is 10.9. The molecule has 1 saturated heterocycles. The van der Waals surface area contributed by atoms with E-state index in [1.54, 1.807) is 19.1 Å². The number of nitrogens with one attached hydrogen (secondary N) is 1. The number of sulfonamides is 1. The van der Waals surface area contributed by atoms with Crippen molar-refractivity contribution in [3.63, 3.8) is 0 Å². The van der Waals surface area contributed by atoms with Crippen LogP contribution < -0.4 is 5.32 Å². The molecule has 7 nitrogen and oxygen atoms in total. The molecule has 0 bridgehead atoms. The molecule has 1 amide bonds. The van der Waals surface area contributed by atoms with Gasteiger partial charge < -0.3 is 0 Å². The number of nitrogens with zero attached hydrogens (tertiary/aromatic N) is 2. The van der Waals surface area contributed by atoms with Crippen molar-refractivity contribution in [3.05, 3.63) is 39.9 Å². The van der Waals surface area contributed by atoms with Crippen molar-refractivity contribution in [1.82, 2.24) is 9.29 Å². The first-order valence-corrected chi connectivity index (χ1v) is 12.5. The summed E-state index contributed by atoms with van der Waals surface area (Å²) in [5.74, 6) is -0.357. The molecule has 1 atom stereocenters. The fraction of sp³-hybridized carbons (Fsp3) is 0.476. The number of hydrogen-bond acceptors (Lipinski definition) is 6. The lowest BCUT2D eigenvalue weighted by molar-refractivity contribution is 0.0975. The Balaban J connectivity index is 1.60. The Hall–Kier alpha value is -2.10. The minimum atomic E-state index is -3.67. The average Bonchev–Trinajstić information content (AvgIpc) is 3.12. The lowest BCUT2D eigenvalue weighted by Gasteiger charge is -2.32. The number of benzene rings is 1.